The molecule has 0 saturated carbocycles. The highest BCUT2D eigenvalue weighted by atomic mass is 16.5. The molecule has 2 amide bonds. The lowest BCUT2D eigenvalue weighted by Gasteiger charge is -2.40. The van der Waals surface area contributed by atoms with Crippen LogP contribution in [0.4, 0.5) is 4.79 Å². The number of carboxylic acid groups (broad SMARTS) is 1. The molecule has 0 aromatic heterocycles. The number of hydrogen-bond donors (Lipinski definition) is 3. The number of ether oxygens (including phenoxy) is 1. The van der Waals surface area contributed by atoms with Crippen LogP contribution in [0.25, 0.3) is 11.1 Å². The molecule has 0 radical (unpaired) electrons. The van der Waals surface area contributed by atoms with Gasteiger partial charge in [-0.3, -0.25) is 9.59 Å². The molecule has 3 N–H and O–H groups in total. The number of nitrogens with one attached hydrogen (secondary N) is 2. The molecule has 1 aliphatic heterocycles. The summed E-state index contributed by atoms with van der Waals surface area (Å²) < 4.78 is 5.56. The zero-order chi connectivity index (χ0) is 25.0. The van der Waals surface area contributed by atoms with E-state index in [2.05, 4.69) is 39.8 Å². The molecule has 2 aliphatic rings. The van der Waals surface area contributed by atoms with Crippen LogP contribution in [0, 0.1) is 0 Å². The van der Waals surface area contributed by atoms with E-state index in [1.165, 1.54) is 0 Å². The molecule has 8 nitrogen and oxygen atoms in total. The molecule has 1 aliphatic carbocycles. The van der Waals surface area contributed by atoms with Crippen molar-refractivity contribution in [3.05, 3.63) is 59.7 Å². The molecule has 1 heterocycles. The lowest BCUT2D eigenvalue weighted by molar-refractivity contribution is -0.139. The molecule has 186 valence electrons. The van der Waals surface area contributed by atoms with E-state index < -0.39 is 23.6 Å². The zero-order valence-electron chi connectivity index (χ0n) is 20.3. The molecule has 35 heavy (non-hydrogen) atoms. The molecule has 8 heteroatoms. The summed E-state index contributed by atoms with van der Waals surface area (Å²) in [5.74, 6) is -1.24. The Labute approximate surface area is 205 Å². The molecule has 1 fully saturated rings. The summed E-state index contributed by atoms with van der Waals surface area (Å²) in [7, 11) is 1.98. The molecular formula is C27H33N3O5. The lowest BCUT2D eigenvalue weighted by atomic mass is 9.84. The Morgan fingerprint density at radius 2 is 1.63 bits per heavy atom. The van der Waals surface area contributed by atoms with Crippen LogP contribution in [-0.4, -0.2) is 66.3 Å². The number of aliphatic carboxylic acids is 1. The van der Waals surface area contributed by atoms with E-state index in [9.17, 15) is 19.5 Å². The molecule has 0 unspecified atom stereocenters. The Morgan fingerprint density at radius 3 is 2.20 bits per heavy atom. The summed E-state index contributed by atoms with van der Waals surface area (Å²) in [4.78, 5) is 38.7. The van der Waals surface area contributed by atoms with E-state index in [-0.39, 0.29) is 31.3 Å². The number of alkyl carbamates (subject to hydrolysis) is 1. The number of likely N-dealkylation sites (tertiary alicyclic amines) is 1. The van der Waals surface area contributed by atoms with E-state index in [0.29, 0.717) is 12.8 Å². The van der Waals surface area contributed by atoms with Gasteiger partial charge in [0.05, 0.1) is 12.0 Å². The van der Waals surface area contributed by atoms with Crippen molar-refractivity contribution in [1.29, 1.82) is 0 Å². The van der Waals surface area contributed by atoms with Crippen LogP contribution in [0.2, 0.25) is 0 Å². The van der Waals surface area contributed by atoms with Crippen molar-refractivity contribution in [2.45, 2.75) is 50.1 Å². The predicted octanol–water partition coefficient (Wildman–Crippen LogP) is 3.36. The summed E-state index contributed by atoms with van der Waals surface area (Å²) in [5.41, 5.74) is 3.84. The highest BCUT2D eigenvalue weighted by Gasteiger charge is 2.37. The number of hydrogen-bond acceptors (Lipinski definition) is 5. The van der Waals surface area contributed by atoms with Gasteiger partial charge in [-0.25, -0.2) is 4.79 Å². The maximum atomic E-state index is 12.7. The van der Waals surface area contributed by atoms with Crippen LogP contribution >= 0.6 is 0 Å². The SMILES string of the molecule is C[C@H](CC(=O)NC1(CC(=O)O)CCN(C)CC1)NC(=O)OCC1c2ccccc2-c2ccccc21. The summed E-state index contributed by atoms with van der Waals surface area (Å²) in [6, 6.07) is 15.8. The lowest BCUT2D eigenvalue weighted by Crippen LogP contribution is -2.56. The van der Waals surface area contributed by atoms with E-state index in [1.54, 1.807) is 6.92 Å². The van der Waals surface area contributed by atoms with Crippen LogP contribution in [0.15, 0.2) is 48.5 Å². The number of carbonyl (C=O) groups excluding carboxylic acids is 2. The molecule has 2 aromatic rings. The summed E-state index contributed by atoms with van der Waals surface area (Å²) >= 11 is 0. The van der Waals surface area contributed by atoms with Crippen molar-refractivity contribution in [1.82, 2.24) is 15.5 Å². The number of nitrogens with zero attached hydrogens (tertiary/aromatic N) is 1. The second kappa shape index (κ2) is 10.5. The third kappa shape index (κ3) is 5.82. The van der Waals surface area contributed by atoms with Gasteiger partial charge in [0.25, 0.3) is 0 Å². The van der Waals surface area contributed by atoms with Gasteiger partial charge in [-0.05, 0) is 49.1 Å². The van der Waals surface area contributed by atoms with Crippen molar-refractivity contribution in [2.75, 3.05) is 26.7 Å². The van der Waals surface area contributed by atoms with Crippen LogP contribution in [0.5, 0.6) is 0 Å². The summed E-state index contributed by atoms with van der Waals surface area (Å²) in [6.45, 7) is 3.38. The molecule has 2 aromatic carbocycles. The van der Waals surface area contributed by atoms with E-state index in [0.717, 1.165) is 35.3 Å². The topological polar surface area (TPSA) is 108 Å². The normalized spacial score (nSPS) is 17.7. The van der Waals surface area contributed by atoms with Crippen molar-refractivity contribution in [3.8, 4) is 11.1 Å². The van der Waals surface area contributed by atoms with Gasteiger partial charge in [-0.2, -0.15) is 0 Å². The minimum atomic E-state index is -0.931. The first-order valence-electron chi connectivity index (χ1n) is 12.1. The number of carboxylic acids is 1. The van der Waals surface area contributed by atoms with Crippen molar-refractivity contribution in [3.63, 3.8) is 0 Å². The predicted molar refractivity (Wildman–Crippen MR) is 132 cm³/mol. The van der Waals surface area contributed by atoms with Gasteiger partial charge in [0.15, 0.2) is 0 Å². The van der Waals surface area contributed by atoms with Crippen molar-refractivity contribution in [2.24, 2.45) is 0 Å². The molecular weight excluding hydrogens is 446 g/mol. The number of piperidine rings is 1. The minimum absolute atomic E-state index is 0.0351. The van der Waals surface area contributed by atoms with Gasteiger partial charge in [0.1, 0.15) is 6.61 Å². The third-order valence-electron chi connectivity index (χ3n) is 7.04. The van der Waals surface area contributed by atoms with Crippen LogP contribution < -0.4 is 10.6 Å². The first-order chi connectivity index (χ1) is 16.8. The molecule has 4 rings (SSSR count). The molecule has 0 spiro atoms. The van der Waals surface area contributed by atoms with Gasteiger partial charge in [0.2, 0.25) is 5.91 Å². The molecule has 1 saturated heterocycles. The standard InChI is InChI=1S/C27H33N3O5/c1-18(15-24(31)29-27(16-25(32)33)11-13-30(2)14-12-27)28-26(34)35-17-23-21-9-5-3-7-19(21)20-8-4-6-10-22(20)23/h3-10,18,23H,11-17H2,1-2H3,(H,28,34)(H,29,31)(H,32,33)/t18-/m1/s1. The number of rotatable bonds is 8. The quantitative estimate of drug-likeness (QED) is 0.536. The maximum Gasteiger partial charge on any atom is 0.407 e. The Balaban J connectivity index is 1.30. The Hall–Kier alpha value is -3.39. The Bertz CT molecular complexity index is 1050. The van der Waals surface area contributed by atoms with Gasteiger partial charge in [-0.15, -0.1) is 0 Å². The fourth-order valence-corrected chi connectivity index (χ4v) is 5.20. The Kier molecular flexibility index (Phi) is 7.40. The van der Waals surface area contributed by atoms with Gasteiger partial charge >= 0.3 is 12.1 Å². The maximum absolute atomic E-state index is 12.7. The van der Waals surface area contributed by atoms with Crippen molar-refractivity contribution >= 4 is 18.0 Å². The van der Waals surface area contributed by atoms with Crippen LogP contribution in [-0.2, 0) is 14.3 Å². The van der Waals surface area contributed by atoms with Gasteiger partial charge in [-0.1, -0.05) is 48.5 Å². The van der Waals surface area contributed by atoms with Crippen LogP contribution in [0.1, 0.15) is 49.7 Å². The number of benzene rings is 2. The van der Waals surface area contributed by atoms with Gasteiger partial charge in [0, 0.05) is 31.5 Å². The highest BCUT2D eigenvalue weighted by Crippen LogP contribution is 2.44. The van der Waals surface area contributed by atoms with Crippen LogP contribution in [0.3, 0.4) is 0 Å². The van der Waals surface area contributed by atoms with E-state index >= 15 is 0 Å². The smallest absolute Gasteiger partial charge is 0.407 e. The highest BCUT2D eigenvalue weighted by molar-refractivity contribution is 5.80. The molecule has 0 bridgehead atoms. The molecule has 1 atom stereocenters. The largest absolute Gasteiger partial charge is 0.481 e. The number of amides is 2. The van der Waals surface area contributed by atoms with Gasteiger partial charge < -0.3 is 25.4 Å². The second-order valence-corrected chi connectivity index (χ2v) is 9.78. The number of fused-ring (bicyclic) bond motifs is 3. The first-order valence-corrected chi connectivity index (χ1v) is 12.1. The summed E-state index contributed by atoms with van der Waals surface area (Å²) in [5, 5.41) is 15.0. The second-order valence-electron chi connectivity index (χ2n) is 9.78. The Morgan fingerprint density at radius 1 is 1.06 bits per heavy atom. The first kappa shape index (κ1) is 24.7. The average molecular weight is 480 g/mol. The monoisotopic (exact) mass is 479 g/mol. The number of carbonyl (C=O) groups is 3. The fraction of sp³-hybridized carbons (Fsp3) is 0.444. The zero-order valence-corrected chi connectivity index (χ0v) is 20.3. The van der Waals surface area contributed by atoms with E-state index in [4.69, 9.17) is 4.74 Å². The van der Waals surface area contributed by atoms with Crippen molar-refractivity contribution < 1.29 is 24.2 Å². The summed E-state index contributed by atoms with van der Waals surface area (Å²) in [6.07, 6.45) is 0.514. The van der Waals surface area contributed by atoms with E-state index in [1.807, 2.05) is 31.3 Å². The minimum Gasteiger partial charge on any atom is -0.481 e. The fourth-order valence-electron chi connectivity index (χ4n) is 5.20. The average Bonchev–Trinajstić information content (AvgIpc) is 3.13. The third-order valence-corrected chi connectivity index (χ3v) is 7.04.